The normalized spacial score (nSPS) is 18.1. The molecule has 25 heteroatoms. The van der Waals surface area contributed by atoms with Gasteiger partial charge in [-0.15, -0.1) is 0 Å². The van der Waals surface area contributed by atoms with Crippen LogP contribution in [0.25, 0.3) is 0 Å². The molecule has 0 spiro atoms. The number of hydrogen-bond donors (Lipinski definition) is 7. The van der Waals surface area contributed by atoms with Crippen LogP contribution in [0.15, 0.2) is 91.0 Å². The Hall–Kier alpha value is -9.23. The number of nitrogens with one attached hydrogen (secondary N) is 6. The summed E-state index contributed by atoms with van der Waals surface area (Å²) in [6.45, 7) is 3.35. The zero-order valence-electron chi connectivity index (χ0n) is 47.2. The van der Waals surface area contributed by atoms with Crippen LogP contribution in [0.1, 0.15) is 95.3 Å². The van der Waals surface area contributed by atoms with Crippen molar-refractivity contribution < 1.29 is 70.3 Å². The largest absolute Gasteiger partial charge is 0.493 e. The highest BCUT2D eigenvalue weighted by Crippen LogP contribution is 2.44. The third-order valence-electron chi connectivity index (χ3n) is 15.6. The second-order valence-electron chi connectivity index (χ2n) is 21.4. The molecule has 0 radical (unpaired) electrons. The minimum absolute atomic E-state index is 0.0210. The highest BCUT2D eigenvalue weighted by molar-refractivity contribution is 7.86. The van der Waals surface area contributed by atoms with Crippen LogP contribution in [0, 0.1) is 0 Å². The van der Waals surface area contributed by atoms with Crippen LogP contribution in [0.2, 0.25) is 0 Å². The number of fused-ring (bicyclic) bond motifs is 8. The number of para-hydroxylation sites is 2. The van der Waals surface area contributed by atoms with Crippen molar-refractivity contribution in [1.29, 1.82) is 0 Å². The summed E-state index contributed by atoms with van der Waals surface area (Å²) >= 11 is 0. The van der Waals surface area contributed by atoms with Gasteiger partial charge in [0, 0.05) is 74.5 Å². The van der Waals surface area contributed by atoms with Crippen molar-refractivity contribution >= 4 is 85.8 Å². The molecule has 0 bridgehead atoms. The molecule has 0 saturated carbocycles. The third kappa shape index (κ3) is 12.8. The maximum atomic E-state index is 14.3. The molecule has 1 saturated heterocycles. The van der Waals surface area contributed by atoms with Crippen LogP contribution in [-0.2, 0) is 64.9 Å². The average Bonchev–Trinajstić information content (AvgIpc) is 2.20. The van der Waals surface area contributed by atoms with E-state index in [1.807, 2.05) is 29.2 Å². The number of imide groups is 1. The Morgan fingerprint density at radius 2 is 1.22 bits per heavy atom. The van der Waals surface area contributed by atoms with Gasteiger partial charge in [0.15, 0.2) is 28.4 Å². The highest BCUT2D eigenvalue weighted by Gasteiger charge is 2.47. The lowest BCUT2D eigenvalue weighted by atomic mass is 10.1. The minimum Gasteiger partial charge on any atom is -0.493 e. The summed E-state index contributed by atoms with van der Waals surface area (Å²) in [6, 6.07) is 22.8. The number of methoxy groups -OCH3 is 2. The number of amides is 8. The number of rotatable bonds is 22. The molecule has 1 unspecified atom stereocenters. The number of anilines is 5. The van der Waals surface area contributed by atoms with Gasteiger partial charge in [-0.3, -0.25) is 47.8 Å². The Morgan fingerprint density at radius 3 is 1.85 bits per heavy atom. The van der Waals surface area contributed by atoms with Gasteiger partial charge in [-0.25, -0.2) is 0 Å². The van der Waals surface area contributed by atoms with Gasteiger partial charge in [-0.2, -0.15) is 8.42 Å². The second kappa shape index (κ2) is 24.9. The highest BCUT2D eigenvalue weighted by atomic mass is 32.2. The molecule has 5 atom stereocenters. The molecule has 0 aromatic heterocycles. The first-order valence-corrected chi connectivity index (χ1v) is 29.4. The molecule has 85 heavy (non-hydrogen) atoms. The first-order valence-electron chi connectivity index (χ1n) is 27.9. The number of ether oxygens (including phenoxy) is 4. The number of nitrogens with zero attached hydrogens (tertiary/aromatic N) is 3. The van der Waals surface area contributed by atoms with E-state index in [1.54, 1.807) is 54.6 Å². The molecule has 24 nitrogen and oxygen atoms in total. The fourth-order valence-electron chi connectivity index (χ4n) is 11.3. The molecule has 10 rings (SSSR count). The van der Waals surface area contributed by atoms with Gasteiger partial charge < -0.3 is 60.6 Å². The summed E-state index contributed by atoms with van der Waals surface area (Å²) in [5.41, 5.74) is 5.54. The first kappa shape index (κ1) is 58.9. The van der Waals surface area contributed by atoms with Crippen molar-refractivity contribution in [2.45, 2.75) is 108 Å². The maximum Gasteiger partial charge on any atom is 0.288 e. The standard InChI is InChI=1S/C60H65N9O15S/c1-33(63-53(71)16-10-9-15-52(70)61-19-20-67-54(72)17-18-55(67)73)56(74)64-34(2)57(75)65-39-22-35(31-83-50-28-43-41(26-48(50)81-3)59(76)68-40(30-62-43)24-37-11-5-7-13-45(37)68)21-36(23-39)32-84-51-29-44-42(27-49(51)82-4)60(77)69-46-14-8-6-12-38(46)25-47(69)58(66-44)85(78,79)80/h5-8,11-14,21-23,26-29,33-34,40,47,58,62,66H,9-10,15-20,24-25,30-32H2,1-4H3,(H,61,70)(H,63,71)(H,64,74)(H,65,75)(H,78,79,80)/t33-,34-,40-,47-,58?/m0/s1. The van der Waals surface area contributed by atoms with E-state index in [-0.39, 0.29) is 122 Å². The molecular formula is C60H65N9O15S. The molecule has 5 aromatic rings. The van der Waals surface area contributed by atoms with Gasteiger partial charge in [0.25, 0.3) is 21.9 Å². The van der Waals surface area contributed by atoms with Crippen molar-refractivity contribution in [1.82, 2.24) is 20.9 Å². The summed E-state index contributed by atoms with van der Waals surface area (Å²) < 4.78 is 60.8. The van der Waals surface area contributed by atoms with E-state index in [0.29, 0.717) is 59.6 Å². The Balaban J connectivity index is 0.829. The number of likely N-dealkylation sites (tertiary alicyclic amines) is 1. The maximum absolute atomic E-state index is 14.3. The van der Waals surface area contributed by atoms with E-state index in [2.05, 4.69) is 31.9 Å². The number of hydrogen-bond acceptors (Lipinski definition) is 16. The molecule has 1 fully saturated rings. The molecular weight excluding hydrogens is 1120 g/mol. The lowest BCUT2D eigenvalue weighted by Crippen LogP contribution is -2.50. The van der Waals surface area contributed by atoms with E-state index in [0.717, 1.165) is 21.7 Å². The fourth-order valence-corrected chi connectivity index (χ4v) is 12.2. The fraction of sp³-hybridized carbons (Fsp3) is 0.367. The van der Waals surface area contributed by atoms with E-state index in [9.17, 15) is 51.3 Å². The number of carbonyl (C=O) groups excluding carboxylic acids is 8. The smallest absolute Gasteiger partial charge is 0.288 e. The van der Waals surface area contributed by atoms with Crippen molar-refractivity contribution in [2.75, 3.05) is 59.6 Å². The number of carbonyl (C=O) groups is 8. The van der Waals surface area contributed by atoms with Crippen molar-refractivity contribution in [2.24, 2.45) is 0 Å². The zero-order valence-corrected chi connectivity index (χ0v) is 48.0. The van der Waals surface area contributed by atoms with Crippen molar-refractivity contribution in [3.8, 4) is 23.0 Å². The van der Waals surface area contributed by atoms with E-state index in [4.69, 9.17) is 18.9 Å². The van der Waals surface area contributed by atoms with Gasteiger partial charge in [0.05, 0.1) is 48.8 Å². The minimum atomic E-state index is -4.79. The van der Waals surface area contributed by atoms with E-state index in [1.165, 1.54) is 45.1 Å². The molecule has 5 aliphatic heterocycles. The van der Waals surface area contributed by atoms with Crippen LogP contribution in [0.5, 0.6) is 23.0 Å². The average molecular weight is 1180 g/mol. The van der Waals surface area contributed by atoms with Crippen LogP contribution >= 0.6 is 0 Å². The topological polar surface area (TPSA) is 310 Å². The predicted molar refractivity (Wildman–Crippen MR) is 311 cm³/mol. The third-order valence-corrected chi connectivity index (χ3v) is 16.7. The lowest BCUT2D eigenvalue weighted by molar-refractivity contribution is -0.138. The van der Waals surface area contributed by atoms with Crippen LogP contribution < -0.4 is 60.6 Å². The van der Waals surface area contributed by atoms with E-state index < -0.39 is 57.2 Å². The predicted octanol–water partition coefficient (Wildman–Crippen LogP) is 4.84. The van der Waals surface area contributed by atoms with Crippen molar-refractivity contribution in [3.05, 3.63) is 124 Å². The molecule has 5 aliphatic rings. The molecule has 446 valence electrons. The Bertz CT molecular complexity index is 3620. The number of unbranched alkanes of at least 4 members (excludes halogenated alkanes) is 1. The molecule has 7 N–H and O–H groups in total. The van der Waals surface area contributed by atoms with Crippen LogP contribution in [0.4, 0.5) is 28.4 Å². The molecule has 0 aliphatic carbocycles. The Kier molecular flexibility index (Phi) is 17.3. The summed E-state index contributed by atoms with van der Waals surface area (Å²) in [7, 11) is -1.95. The lowest BCUT2D eigenvalue weighted by Gasteiger charge is -2.27. The number of benzene rings is 5. The zero-order chi connectivity index (χ0) is 60.3. The van der Waals surface area contributed by atoms with Gasteiger partial charge in [0.2, 0.25) is 35.4 Å². The van der Waals surface area contributed by atoms with E-state index >= 15 is 0 Å². The first-order chi connectivity index (χ1) is 40.8. The monoisotopic (exact) mass is 1180 g/mol. The quantitative estimate of drug-likeness (QED) is 0.0277. The van der Waals surface area contributed by atoms with Crippen molar-refractivity contribution in [3.63, 3.8) is 0 Å². The summed E-state index contributed by atoms with van der Waals surface area (Å²) in [5.74, 6) is -2.42. The second-order valence-corrected chi connectivity index (χ2v) is 23.0. The summed E-state index contributed by atoms with van der Waals surface area (Å²) in [4.78, 5) is 109. The van der Waals surface area contributed by atoms with Gasteiger partial charge in [-0.05, 0) is 104 Å². The summed E-state index contributed by atoms with van der Waals surface area (Å²) in [6.07, 6.45) is 2.03. The van der Waals surface area contributed by atoms with Gasteiger partial charge in [-0.1, -0.05) is 36.4 Å². The molecule has 5 aromatic carbocycles. The Morgan fingerprint density at radius 1 is 0.671 bits per heavy atom. The molecule has 8 amide bonds. The van der Waals surface area contributed by atoms with Gasteiger partial charge >= 0.3 is 0 Å². The van der Waals surface area contributed by atoms with Crippen LogP contribution in [-0.4, -0.2) is 129 Å². The summed E-state index contributed by atoms with van der Waals surface area (Å²) in [5, 5.41) is 15.5. The van der Waals surface area contributed by atoms with Gasteiger partial charge in [0.1, 0.15) is 25.3 Å². The molecule has 5 heterocycles. The Labute approximate surface area is 490 Å². The SMILES string of the molecule is COc1cc2c(cc1OCc1cc(COc3cc4c(cc3OC)C(=O)N3c5ccccc5C[C@H]3C(S(=O)(=O)O)N4)cc(NC(=O)[C@H](C)NC(=O)[C@H](C)NC(=O)CCCCC(=O)NCCN3C(=O)CCC3=O)c1)NC[C@@H]1Cc3ccccc3N1C2=O. The van der Waals surface area contributed by atoms with Crippen LogP contribution in [0.3, 0.4) is 0 Å².